The second-order valence-electron chi connectivity index (χ2n) is 7.59. The maximum Gasteiger partial charge on any atom is 0.240 e. The third-order valence-corrected chi connectivity index (χ3v) is 6.13. The van der Waals surface area contributed by atoms with E-state index in [1.165, 1.54) is 11.8 Å². The van der Waals surface area contributed by atoms with Crippen LogP contribution in [-0.4, -0.2) is 50.8 Å². The maximum absolute atomic E-state index is 12.6. The zero-order chi connectivity index (χ0) is 21.8. The second kappa shape index (κ2) is 9.34. The first kappa shape index (κ1) is 21.1. The quantitative estimate of drug-likeness (QED) is 0.577. The van der Waals surface area contributed by atoms with Gasteiger partial charge in [-0.3, -0.25) is 14.2 Å². The fraction of sp³-hybridized carbons (Fsp3) is 0.304. The van der Waals surface area contributed by atoms with E-state index in [-0.39, 0.29) is 30.8 Å². The summed E-state index contributed by atoms with van der Waals surface area (Å²) in [6.45, 7) is 2.89. The molecule has 1 fully saturated rings. The van der Waals surface area contributed by atoms with Crippen molar-refractivity contribution < 1.29 is 9.59 Å². The molecule has 8 heteroatoms. The average molecular weight is 436 g/mol. The van der Waals surface area contributed by atoms with Crippen molar-refractivity contribution in [1.82, 2.24) is 25.0 Å². The van der Waals surface area contributed by atoms with Crippen molar-refractivity contribution in [3.63, 3.8) is 0 Å². The van der Waals surface area contributed by atoms with Crippen LogP contribution >= 0.6 is 11.8 Å². The number of hydrogen-bond donors (Lipinski definition) is 1. The average Bonchev–Trinajstić information content (AvgIpc) is 3.36. The van der Waals surface area contributed by atoms with Crippen LogP contribution in [0, 0.1) is 6.92 Å². The number of thioether (sulfide) groups is 1. The van der Waals surface area contributed by atoms with E-state index >= 15 is 0 Å². The molecule has 2 amide bonds. The Labute approximate surface area is 185 Å². The Bertz CT molecular complexity index is 1080. The first-order valence-corrected chi connectivity index (χ1v) is 11.4. The van der Waals surface area contributed by atoms with Gasteiger partial charge >= 0.3 is 0 Å². The predicted molar refractivity (Wildman–Crippen MR) is 120 cm³/mol. The number of carbonyl (C=O) groups excluding carboxylic acids is 2. The van der Waals surface area contributed by atoms with Gasteiger partial charge in [0.2, 0.25) is 11.8 Å². The lowest BCUT2D eigenvalue weighted by atomic mass is 9.99. The van der Waals surface area contributed by atoms with Crippen molar-refractivity contribution in [3.05, 3.63) is 71.5 Å². The molecule has 31 heavy (non-hydrogen) atoms. The fourth-order valence-corrected chi connectivity index (χ4v) is 4.39. The van der Waals surface area contributed by atoms with Crippen molar-refractivity contribution in [2.45, 2.75) is 31.0 Å². The van der Waals surface area contributed by atoms with Crippen molar-refractivity contribution in [1.29, 1.82) is 0 Å². The lowest BCUT2D eigenvalue weighted by Crippen LogP contribution is -2.38. The number of nitrogens with one attached hydrogen (secondary N) is 1. The number of hydrogen-bond acceptors (Lipinski definition) is 5. The molecule has 160 valence electrons. The van der Waals surface area contributed by atoms with Gasteiger partial charge in [-0.15, -0.1) is 10.2 Å². The number of nitrogens with zero attached hydrogens (tertiary/aromatic N) is 4. The van der Waals surface area contributed by atoms with E-state index in [1.807, 2.05) is 72.3 Å². The van der Waals surface area contributed by atoms with Crippen molar-refractivity contribution in [3.8, 4) is 5.69 Å². The molecule has 1 aliphatic rings. The highest BCUT2D eigenvalue weighted by molar-refractivity contribution is 7.98. The van der Waals surface area contributed by atoms with Crippen molar-refractivity contribution in [2.75, 3.05) is 19.3 Å². The number of aromatic nitrogens is 3. The lowest BCUT2D eigenvalue weighted by molar-refractivity contribution is -0.133. The Kier molecular flexibility index (Phi) is 6.36. The number of para-hydroxylation sites is 1. The highest BCUT2D eigenvalue weighted by atomic mass is 32.2. The molecule has 0 bridgehead atoms. The van der Waals surface area contributed by atoms with E-state index in [9.17, 15) is 9.59 Å². The van der Waals surface area contributed by atoms with E-state index < -0.39 is 0 Å². The van der Waals surface area contributed by atoms with Gasteiger partial charge in [0, 0.05) is 18.9 Å². The number of amides is 2. The minimum atomic E-state index is -0.202. The molecule has 0 aliphatic carbocycles. The van der Waals surface area contributed by atoms with E-state index in [4.69, 9.17) is 0 Å². The Morgan fingerprint density at radius 1 is 1.13 bits per heavy atom. The van der Waals surface area contributed by atoms with Crippen LogP contribution in [0.3, 0.4) is 0 Å². The normalized spacial score (nSPS) is 16.0. The van der Waals surface area contributed by atoms with Crippen LogP contribution < -0.4 is 5.32 Å². The van der Waals surface area contributed by atoms with E-state index in [2.05, 4.69) is 15.5 Å². The van der Waals surface area contributed by atoms with Crippen LogP contribution in [0.5, 0.6) is 0 Å². The maximum atomic E-state index is 12.6. The zero-order valence-corrected chi connectivity index (χ0v) is 18.4. The summed E-state index contributed by atoms with van der Waals surface area (Å²) < 4.78 is 1.97. The van der Waals surface area contributed by atoms with Crippen LogP contribution in [0.1, 0.15) is 29.3 Å². The second-order valence-corrected chi connectivity index (χ2v) is 8.36. The smallest absolute Gasteiger partial charge is 0.240 e. The van der Waals surface area contributed by atoms with Crippen LogP contribution in [-0.2, 0) is 16.1 Å². The summed E-state index contributed by atoms with van der Waals surface area (Å²) in [6.07, 6.45) is 2.39. The van der Waals surface area contributed by atoms with Crippen molar-refractivity contribution in [2.24, 2.45) is 0 Å². The van der Waals surface area contributed by atoms with Crippen LogP contribution in [0.15, 0.2) is 59.8 Å². The molecule has 2 aromatic carbocycles. The zero-order valence-electron chi connectivity index (χ0n) is 17.6. The molecule has 1 aromatic heterocycles. The van der Waals surface area contributed by atoms with Gasteiger partial charge in [-0.1, -0.05) is 60.3 Å². The molecule has 7 nitrogen and oxygen atoms in total. The van der Waals surface area contributed by atoms with Crippen LogP contribution in [0.25, 0.3) is 5.69 Å². The van der Waals surface area contributed by atoms with Gasteiger partial charge in [-0.25, -0.2) is 0 Å². The monoisotopic (exact) mass is 435 g/mol. The summed E-state index contributed by atoms with van der Waals surface area (Å²) in [5.74, 6) is 0.598. The van der Waals surface area contributed by atoms with Gasteiger partial charge in [-0.05, 0) is 30.4 Å². The van der Waals surface area contributed by atoms with E-state index in [1.54, 1.807) is 4.90 Å². The molecule has 3 aromatic rings. The lowest BCUT2D eigenvalue weighted by Gasteiger charge is -2.17. The number of rotatable bonds is 7. The number of aryl methyl sites for hydroxylation is 1. The van der Waals surface area contributed by atoms with Crippen LogP contribution in [0.2, 0.25) is 0 Å². The van der Waals surface area contributed by atoms with E-state index in [0.29, 0.717) is 18.8 Å². The third kappa shape index (κ3) is 4.64. The molecule has 1 saturated heterocycles. The Balaban J connectivity index is 1.40. The molecule has 2 heterocycles. The van der Waals surface area contributed by atoms with Crippen LogP contribution in [0.4, 0.5) is 0 Å². The summed E-state index contributed by atoms with van der Waals surface area (Å²) >= 11 is 1.50. The van der Waals surface area contributed by atoms with Gasteiger partial charge < -0.3 is 10.2 Å². The standard InChI is InChI=1S/C23H25N5O2S/c1-16-8-6-7-11-19(16)28-20(25-26-23(28)31-2)13-24-21(29)15-27-14-18(12-22(27)30)17-9-4-3-5-10-17/h3-11,18H,12-15H2,1-2H3,(H,24,29)/t18-/m0/s1. The van der Waals surface area contributed by atoms with Gasteiger partial charge in [0.15, 0.2) is 11.0 Å². The molecule has 1 N–H and O–H groups in total. The molecule has 1 atom stereocenters. The topological polar surface area (TPSA) is 80.1 Å². The number of likely N-dealkylation sites (tertiary alicyclic amines) is 1. The fourth-order valence-electron chi connectivity index (χ4n) is 3.88. The minimum Gasteiger partial charge on any atom is -0.347 e. The molecule has 1 aliphatic heterocycles. The summed E-state index contributed by atoms with van der Waals surface area (Å²) in [4.78, 5) is 26.6. The highest BCUT2D eigenvalue weighted by Crippen LogP contribution is 2.27. The van der Waals surface area contributed by atoms with Gasteiger partial charge in [0.1, 0.15) is 0 Å². The molecule has 0 radical (unpaired) electrons. The summed E-state index contributed by atoms with van der Waals surface area (Å²) in [5, 5.41) is 12.2. The summed E-state index contributed by atoms with van der Waals surface area (Å²) in [7, 11) is 0. The Hall–Kier alpha value is -3.13. The Morgan fingerprint density at radius 2 is 1.87 bits per heavy atom. The summed E-state index contributed by atoms with van der Waals surface area (Å²) in [6, 6.07) is 18.0. The molecular formula is C23H25N5O2S. The minimum absolute atomic E-state index is 0.0109. The predicted octanol–water partition coefficient (Wildman–Crippen LogP) is 2.93. The largest absolute Gasteiger partial charge is 0.347 e. The molecule has 0 unspecified atom stereocenters. The SMILES string of the molecule is CSc1nnc(CNC(=O)CN2C[C@@H](c3ccccc3)CC2=O)n1-c1ccccc1C. The third-order valence-electron chi connectivity index (χ3n) is 5.50. The molecule has 0 saturated carbocycles. The number of benzene rings is 2. The van der Waals surface area contributed by atoms with Gasteiger partial charge in [0.05, 0.1) is 18.8 Å². The first-order valence-electron chi connectivity index (χ1n) is 10.2. The van der Waals surface area contributed by atoms with Gasteiger partial charge in [0.25, 0.3) is 0 Å². The van der Waals surface area contributed by atoms with E-state index in [0.717, 1.165) is 22.0 Å². The van der Waals surface area contributed by atoms with Crippen molar-refractivity contribution >= 4 is 23.6 Å². The number of carbonyl (C=O) groups is 2. The van der Waals surface area contributed by atoms with Gasteiger partial charge in [-0.2, -0.15) is 0 Å². The summed E-state index contributed by atoms with van der Waals surface area (Å²) in [5.41, 5.74) is 3.22. The molecule has 0 spiro atoms. The highest BCUT2D eigenvalue weighted by Gasteiger charge is 2.31. The Morgan fingerprint density at radius 3 is 2.61 bits per heavy atom. The first-order chi connectivity index (χ1) is 15.1. The molecule has 4 rings (SSSR count). The molecular weight excluding hydrogens is 410 g/mol.